The van der Waals surface area contributed by atoms with Crippen LogP contribution in [0.2, 0.25) is 0 Å². The fraction of sp³-hybridized carbons (Fsp3) is 0.714. The van der Waals surface area contributed by atoms with E-state index in [1.807, 2.05) is 0 Å². The van der Waals surface area contributed by atoms with Gasteiger partial charge in [-0.15, -0.1) is 24.0 Å². The number of halogens is 4. The first-order chi connectivity index (χ1) is 6.76. The van der Waals surface area contributed by atoms with Crippen LogP contribution in [0, 0.1) is 0 Å². The van der Waals surface area contributed by atoms with E-state index in [1.54, 1.807) is 0 Å². The number of hydrogen-bond acceptors (Lipinski definition) is 2. The fourth-order valence-electron chi connectivity index (χ4n) is 0.737. The molecule has 0 rings (SSSR count). The highest BCUT2D eigenvalue weighted by Gasteiger charge is 2.30. The average Bonchev–Trinajstić information content (AvgIpc) is 2.10. The average molecular weight is 354 g/mol. The molecule has 9 heteroatoms. The molecule has 5 nitrogen and oxygen atoms in total. The molecule has 0 unspecified atom stereocenters. The zero-order valence-electron chi connectivity index (χ0n) is 8.84. The summed E-state index contributed by atoms with van der Waals surface area (Å²) in [5, 5.41) is 2.37. The topological polar surface area (TPSA) is 70.7 Å². The maximum absolute atomic E-state index is 11.9. The summed E-state index contributed by atoms with van der Waals surface area (Å²) >= 11 is 0. The van der Waals surface area contributed by atoms with E-state index in [0.717, 1.165) is 7.05 Å². The van der Waals surface area contributed by atoms with Crippen LogP contribution >= 0.6 is 24.0 Å². The number of amides is 1. The molecule has 0 bridgehead atoms. The maximum atomic E-state index is 11.9. The van der Waals surface area contributed by atoms with Crippen molar-refractivity contribution in [2.75, 3.05) is 27.2 Å². The Morgan fingerprint density at radius 3 is 2.38 bits per heavy atom. The molecule has 0 aliphatic carbocycles. The molecule has 0 spiro atoms. The van der Waals surface area contributed by atoms with Gasteiger partial charge in [-0.25, -0.2) is 0 Å². The Morgan fingerprint density at radius 1 is 1.50 bits per heavy atom. The Hall–Kier alpha value is -0.740. The molecule has 0 aromatic heterocycles. The molecular weight excluding hydrogens is 340 g/mol. The Bertz CT molecular complexity index is 257. The number of likely N-dealkylation sites (N-methyl/N-ethyl adjacent to an activating group) is 1. The smallest absolute Gasteiger partial charge is 0.370 e. The van der Waals surface area contributed by atoms with Gasteiger partial charge in [0.15, 0.2) is 5.96 Å². The standard InChI is InChI=1S/C7H13F3N4O.HI/c1-12-6(11)13-3-5(15)14(2)4-7(8,9)10;/h3-4H2,1-2H3,(H3,11,12,13);1H. The van der Waals surface area contributed by atoms with E-state index in [0.29, 0.717) is 4.90 Å². The van der Waals surface area contributed by atoms with Crippen LogP contribution in [-0.2, 0) is 4.79 Å². The molecule has 1 amide bonds. The maximum Gasteiger partial charge on any atom is 0.406 e. The summed E-state index contributed by atoms with van der Waals surface area (Å²) < 4.78 is 35.6. The van der Waals surface area contributed by atoms with E-state index in [2.05, 4.69) is 10.3 Å². The molecule has 0 fully saturated rings. The van der Waals surface area contributed by atoms with Gasteiger partial charge in [-0.3, -0.25) is 9.79 Å². The number of carbonyl (C=O) groups excluding carboxylic acids is 1. The predicted molar refractivity (Wildman–Crippen MR) is 64.7 cm³/mol. The highest BCUT2D eigenvalue weighted by atomic mass is 127. The molecule has 0 atom stereocenters. The van der Waals surface area contributed by atoms with Gasteiger partial charge in [-0.05, 0) is 0 Å². The van der Waals surface area contributed by atoms with Gasteiger partial charge in [0.2, 0.25) is 5.91 Å². The van der Waals surface area contributed by atoms with Gasteiger partial charge in [0, 0.05) is 14.1 Å². The van der Waals surface area contributed by atoms with Gasteiger partial charge < -0.3 is 16.0 Å². The number of alkyl halides is 3. The Morgan fingerprint density at radius 2 is 2.00 bits per heavy atom. The third-order valence-corrected chi connectivity index (χ3v) is 1.50. The highest BCUT2D eigenvalue weighted by molar-refractivity contribution is 14.0. The molecule has 0 heterocycles. The minimum atomic E-state index is -4.39. The minimum Gasteiger partial charge on any atom is -0.370 e. The minimum absolute atomic E-state index is 0. The van der Waals surface area contributed by atoms with Gasteiger partial charge in [0.1, 0.15) is 6.54 Å². The predicted octanol–water partition coefficient (Wildman–Crippen LogP) is 0.159. The number of guanidine groups is 1. The summed E-state index contributed by atoms with van der Waals surface area (Å²) in [6.07, 6.45) is -4.39. The van der Waals surface area contributed by atoms with Gasteiger partial charge >= 0.3 is 6.18 Å². The molecule has 0 radical (unpaired) electrons. The van der Waals surface area contributed by atoms with Gasteiger partial charge in [0.25, 0.3) is 0 Å². The van der Waals surface area contributed by atoms with E-state index >= 15 is 0 Å². The van der Waals surface area contributed by atoms with Crippen molar-refractivity contribution in [3.63, 3.8) is 0 Å². The van der Waals surface area contributed by atoms with Crippen molar-refractivity contribution < 1.29 is 18.0 Å². The molecule has 0 aromatic rings. The number of hydrogen-bond donors (Lipinski definition) is 2. The van der Waals surface area contributed by atoms with Crippen molar-refractivity contribution >= 4 is 35.8 Å². The van der Waals surface area contributed by atoms with Gasteiger partial charge in [0.05, 0.1) is 6.54 Å². The van der Waals surface area contributed by atoms with Crippen LogP contribution in [0.3, 0.4) is 0 Å². The second-order valence-corrected chi connectivity index (χ2v) is 2.83. The Kier molecular flexibility index (Phi) is 8.29. The number of nitrogens with one attached hydrogen (secondary N) is 1. The fourth-order valence-corrected chi connectivity index (χ4v) is 0.737. The lowest BCUT2D eigenvalue weighted by Gasteiger charge is -2.19. The lowest BCUT2D eigenvalue weighted by atomic mass is 10.4. The lowest BCUT2D eigenvalue weighted by Crippen LogP contribution is -2.43. The van der Waals surface area contributed by atoms with Crippen LogP contribution in [-0.4, -0.2) is 50.1 Å². The SMILES string of the molecule is CN=C(N)NCC(=O)N(C)CC(F)(F)F.I. The quantitative estimate of drug-likeness (QED) is 0.431. The second-order valence-electron chi connectivity index (χ2n) is 2.83. The summed E-state index contributed by atoms with van der Waals surface area (Å²) in [7, 11) is 2.46. The van der Waals surface area contributed by atoms with E-state index in [-0.39, 0.29) is 36.5 Å². The number of nitrogens with two attached hydrogens (primary N) is 1. The molecule has 0 aromatic carbocycles. The van der Waals surface area contributed by atoms with Crippen molar-refractivity contribution in [3.05, 3.63) is 0 Å². The summed E-state index contributed by atoms with van der Waals surface area (Å²) in [5.74, 6) is -0.706. The van der Waals surface area contributed by atoms with Crippen LogP contribution < -0.4 is 11.1 Å². The first kappa shape index (κ1) is 17.6. The normalized spacial score (nSPS) is 11.7. The number of carbonyl (C=O) groups is 1. The first-order valence-corrected chi connectivity index (χ1v) is 4.03. The van der Waals surface area contributed by atoms with Crippen molar-refractivity contribution in [2.24, 2.45) is 10.7 Å². The first-order valence-electron chi connectivity index (χ1n) is 4.03. The van der Waals surface area contributed by atoms with Crippen LogP contribution in [0.25, 0.3) is 0 Å². The van der Waals surface area contributed by atoms with E-state index in [9.17, 15) is 18.0 Å². The third-order valence-electron chi connectivity index (χ3n) is 1.50. The van der Waals surface area contributed by atoms with Crippen molar-refractivity contribution in [1.29, 1.82) is 0 Å². The van der Waals surface area contributed by atoms with Crippen LogP contribution in [0.5, 0.6) is 0 Å². The molecule has 0 aliphatic heterocycles. The van der Waals surface area contributed by atoms with Crippen LogP contribution in [0.4, 0.5) is 13.2 Å². The summed E-state index contributed by atoms with van der Waals surface area (Å²) in [6.45, 7) is -1.59. The van der Waals surface area contributed by atoms with Crippen molar-refractivity contribution in [3.8, 4) is 0 Å². The lowest BCUT2D eigenvalue weighted by molar-refractivity contribution is -0.157. The molecule has 16 heavy (non-hydrogen) atoms. The molecule has 0 saturated heterocycles. The van der Waals surface area contributed by atoms with Gasteiger partial charge in [-0.1, -0.05) is 0 Å². The summed E-state index contributed by atoms with van der Waals surface area (Å²) in [5.41, 5.74) is 5.19. The van der Waals surface area contributed by atoms with E-state index in [1.165, 1.54) is 7.05 Å². The molecular formula is C7H14F3IN4O. The largest absolute Gasteiger partial charge is 0.406 e. The Balaban J connectivity index is 0. The number of aliphatic imine (C=N–C) groups is 1. The van der Waals surface area contributed by atoms with Crippen LogP contribution in [0.15, 0.2) is 4.99 Å². The molecule has 0 aliphatic rings. The highest BCUT2D eigenvalue weighted by Crippen LogP contribution is 2.15. The number of rotatable bonds is 3. The monoisotopic (exact) mass is 354 g/mol. The van der Waals surface area contributed by atoms with E-state index < -0.39 is 18.6 Å². The molecule has 3 N–H and O–H groups in total. The van der Waals surface area contributed by atoms with Crippen molar-refractivity contribution in [1.82, 2.24) is 10.2 Å². The molecule has 0 saturated carbocycles. The third kappa shape index (κ3) is 8.56. The van der Waals surface area contributed by atoms with E-state index in [4.69, 9.17) is 5.73 Å². The van der Waals surface area contributed by atoms with Crippen LogP contribution in [0.1, 0.15) is 0 Å². The second kappa shape index (κ2) is 7.52. The zero-order valence-corrected chi connectivity index (χ0v) is 11.2. The zero-order chi connectivity index (χ0) is 12.1. The van der Waals surface area contributed by atoms with Crippen molar-refractivity contribution in [2.45, 2.75) is 6.18 Å². The summed E-state index contributed by atoms with van der Waals surface area (Å²) in [6, 6.07) is 0. The molecule has 96 valence electrons. The summed E-state index contributed by atoms with van der Waals surface area (Å²) in [4.78, 5) is 15.1. The van der Waals surface area contributed by atoms with Gasteiger partial charge in [-0.2, -0.15) is 13.2 Å². The number of nitrogens with zero attached hydrogens (tertiary/aromatic N) is 2. The Labute approximate surface area is 108 Å².